The van der Waals surface area contributed by atoms with Crippen LogP contribution in [0, 0.1) is 17.5 Å². The number of carbonyl (C=O) groups is 2. The molecule has 0 atom stereocenters. The van der Waals surface area contributed by atoms with Gasteiger partial charge in [0.25, 0.3) is 5.91 Å². The van der Waals surface area contributed by atoms with Crippen LogP contribution in [-0.4, -0.2) is 25.0 Å². The lowest BCUT2D eigenvalue weighted by molar-refractivity contribution is -0.125. The summed E-state index contributed by atoms with van der Waals surface area (Å²) in [6.07, 6.45) is 0. The summed E-state index contributed by atoms with van der Waals surface area (Å²) in [6, 6.07) is 8.05. The van der Waals surface area contributed by atoms with E-state index in [1.54, 1.807) is 24.3 Å². The van der Waals surface area contributed by atoms with Gasteiger partial charge in [0.05, 0.1) is 17.3 Å². The van der Waals surface area contributed by atoms with Crippen molar-refractivity contribution in [2.24, 2.45) is 0 Å². The molecule has 0 aliphatic carbocycles. The third-order valence-corrected chi connectivity index (χ3v) is 3.26. The van der Waals surface area contributed by atoms with Gasteiger partial charge in [0.1, 0.15) is 5.75 Å². The molecule has 0 unspecified atom stereocenters. The Balaban J connectivity index is 1.81. The number of rotatable bonds is 6. The summed E-state index contributed by atoms with van der Waals surface area (Å²) < 4.78 is 44.4. The summed E-state index contributed by atoms with van der Waals surface area (Å²) in [4.78, 5) is 23.2. The van der Waals surface area contributed by atoms with Crippen LogP contribution in [0.5, 0.6) is 5.75 Å². The number of para-hydroxylation sites is 1. The quantitative estimate of drug-likeness (QED) is 0.766. The second-order valence-electron chi connectivity index (χ2n) is 4.77. The summed E-state index contributed by atoms with van der Waals surface area (Å²) >= 11 is 5.85. The molecule has 0 saturated heterocycles. The predicted molar refractivity (Wildman–Crippen MR) is 84.9 cm³/mol. The molecule has 0 bridgehead atoms. The van der Waals surface area contributed by atoms with Gasteiger partial charge in [-0.3, -0.25) is 9.59 Å². The Hall–Kier alpha value is -2.74. The summed E-state index contributed by atoms with van der Waals surface area (Å²) in [5, 5.41) is 4.57. The molecule has 2 aromatic rings. The molecule has 0 saturated carbocycles. The molecular weight excluding hydrogens is 361 g/mol. The standard InChI is InChI=1S/C16H12ClF3N2O3/c17-9-3-1-2-4-12(9)25-8-14(24)21-7-13(23)22-11-6-5-10(18)15(19)16(11)20/h1-6H,7-8H2,(H,21,24)(H,22,23). The number of ether oxygens (including phenoxy) is 1. The van der Waals surface area contributed by atoms with Crippen LogP contribution >= 0.6 is 11.6 Å². The highest BCUT2D eigenvalue weighted by molar-refractivity contribution is 6.32. The highest BCUT2D eigenvalue weighted by Crippen LogP contribution is 2.22. The number of nitrogens with one attached hydrogen (secondary N) is 2. The number of carbonyl (C=O) groups excluding carboxylic acids is 2. The van der Waals surface area contributed by atoms with E-state index in [0.717, 1.165) is 6.07 Å². The van der Waals surface area contributed by atoms with Gasteiger partial charge in [0.15, 0.2) is 24.1 Å². The molecule has 2 amide bonds. The van der Waals surface area contributed by atoms with Gasteiger partial charge < -0.3 is 15.4 Å². The van der Waals surface area contributed by atoms with Crippen LogP contribution in [0.25, 0.3) is 0 Å². The largest absolute Gasteiger partial charge is 0.482 e. The van der Waals surface area contributed by atoms with Gasteiger partial charge in [-0.05, 0) is 24.3 Å². The van der Waals surface area contributed by atoms with E-state index in [1.165, 1.54) is 0 Å². The van der Waals surface area contributed by atoms with Gasteiger partial charge in [0, 0.05) is 0 Å². The Morgan fingerprint density at radius 2 is 1.72 bits per heavy atom. The zero-order valence-electron chi connectivity index (χ0n) is 12.6. The fourth-order valence-electron chi connectivity index (χ4n) is 1.75. The van der Waals surface area contributed by atoms with E-state index >= 15 is 0 Å². The first-order valence-corrected chi connectivity index (χ1v) is 7.33. The monoisotopic (exact) mass is 372 g/mol. The van der Waals surface area contributed by atoms with Crippen molar-refractivity contribution in [3.8, 4) is 5.75 Å². The maximum absolute atomic E-state index is 13.4. The molecule has 0 aromatic heterocycles. The normalized spacial score (nSPS) is 10.2. The average Bonchev–Trinajstić information content (AvgIpc) is 2.60. The van der Waals surface area contributed by atoms with Crippen molar-refractivity contribution in [2.45, 2.75) is 0 Å². The molecular formula is C16H12ClF3N2O3. The Morgan fingerprint density at radius 1 is 1.00 bits per heavy atom. The van der Waals surface area contributed by atoms with Gasteiger partial charge in [-0.25, -0.2) is 13.2 Å². The van der Waals surface area contributed by atoms with Gasteiger partial charge in [-0.2, -0.15) is 0 Å². The van der Waals surface area contributed by atoms with Crippen molar-refractivity contribution >= 4 is 29.1 Å². The van der Waals surface area contributed by atoms with Crippen LogP contribution in [0.2, 0.25) is 5.02 Å². The van der Waals surface area contributed by atoms with Gasteiger partial charge in [-0.15, -0.1) is 0 Å². The molecule has 0 aliphatic rings. The second-order valence-corrected chi connectivity index (χ2v) is 5.17. The Morgan fingerprint density at radius 3 is 2.44 bits per heavy atom. The van der Waals surface area contributed by atoms with E-state index in [-0.39, 0.29) is 0 Å². The van der Waals surface area contributed by atoms with E-state index in [9.17, 15) is 22.8 Å². The number of halogens is 4. The van der Waals surface area contributed by atoms with E-state index in [4.69, 9.17) is 16.3 Å². The van der Waals surface area contributed by atoms with E-state index in [1.807, 2.05) is 5.32 Å². The smallest absolute Gasteiger partial charge is 0.258 e. The number of anilines is 1. The van der Waals surface area contributed by atoms with Crippen LogP contribution in [0.1, 0.15) is 0 Å². The summed E-state index contributed by atoms with van der Waals surface area (Å²) in [5.74, 6) is -5.75. The molecule has 9 heteroatoms. The SMILES string of the molecule is O=C(COc1ccccc1Cl)NCC(=O)Nc1ccc(F)c(F)c1F. The van der Waals surface area contributed by atoms with Crippen LogP contribution in [0.4, 0.5) is 18.9 Å². The Bertz CT molecular complexity index is 802. The molecule has 2 aromatic carbocycles. The van der Waals surface area contributed by atoms with Crippen molar-refractivity contribution in [1.29, 1.82) is 0 Å². The first-order valence-electron chi connectivity index (χ1n) is 6.96. The van der Waals surface area contributed by atoms with Crippen molar-refractivity contribution < 1.29 is 27.5 Å². The molecule has 0 aliphatic heterocycles. The summed E-state index contributed by atoms with van der Waals surface area (Å²) in [6.45, 7) is -0.903. The molecule has 2 rings (SSSR count). The molecule has 0 fully saturated rings. The molecule has 132 valence electrons. The lowest BCUT2D eigenvalue weighted by Gasteiger charge is -2.10. The number of hydrogen-bond donors (Lipinski definition) is 2. The number of amides is 2. The first kappa shape index (κ1) is 18.6. The third-order valence-electron chi connectivity index (χ3n) is 2.95. The Kier molecular flexibility index (Phi) is 6.24. The van der Waals surface area contributed by atoms with Crippen LogP contribution in [0.15, 0.2) is 36.4 Å². The zero-order valence-corrected chi connectivity index (χ0v) is 13.4. The molecule has 0 radical (unpaired) electrons. The van der Waals surface area contributed by atoms with Gasteiger partial charge >= 0.3 is 0 Å². The first-order chi connectivity index (χ1) is 11.9. The fraction of sp³-hybridized carbons (Fsp3) is 0.125. The minimum Gasteiger partial charge on any atom is -0.482 e. The van der Waals surface area contributed by atoms with Gasteiger partial charge in [0.2, 0.25) is 5.91 Å². The predicted octanol–water partition coefficient (Wildman–Crippen LogP) is 2.89. The minimum atomic E-state index is -1.70. The minimum absolute atomic E-state index is 0.299. The molecule has 25 heavy (non-hydrogen) atoms. The highest BCUT2D eigenvalue weighted by atomic mass is 35.5. The Labute approximate surface area is 145 Å². The maximum Gasteiger partial charge on any atom is 0.258 e. The van der Waals surface area contributed by atoms with E-state index in [2.05, 4.69) is 5.32 Å². The lowest BCUT2D eigenvalue weighted by Crippen LogP contribution is -2.36. The molecule has 0 heterocycles. The van der Waals surface area contributed by atoms with E-state index in [0.29, 0.717) is 16.8 Å². The number of hydrogen-bond acceptors (Lipinski definition) is 3. The topological polar surface area (TPSA) is 67.4 Å². The zero-order chi connectivity index (χ0) is 18.4. The van der Waals surface area contributed by atoms with Crippen LogP contribution < -0.4 is 15.4 Å². The maximum atomic E-state index is 13.4. The summed E-state index contributed by atoms with van der Waals surface area (Å²) in [7, 11) is 0. The van der Waals surface area contributed by atoms with Crippen molar-refractivity contribution in [3.63, 3.8) is 0 Å². The van der Waals surface area contributed by atoms with Crippen molar-refractivity contribution in [1.82, 2.24) is 5.32 Å². The van der Waals surface area contributed by atoms with E-state index < -0.39 is 48.1 Å². The third kappa shape index (κ3) is 5.12. The number of benzene rings is 2. The van der Waals surface area contributed by atoms with Gasteiger partial charge in [-0.1, -0.05) is 23.7 Å². The molecule has 5 nitrogen and oxygen atoms in total. The average molecular weight is 373 g/mol. The summed E-state index contributed by atoms with van der Waals surface area (Å²) in [5.41, 5.74) is -0.537. The molecule has 0 spiro atoms. The molecule has 2 N–H and O–H groups in total. The van der Waals surface area contributed by atoms with Crippen molar-refractivity contribution in [3.05, 3.63) is 58.9 Å². The highest BCUT2D eigenvalue weighted by Gasteiger charge is 2.15. The van der Waals surface area contributed by atoms with Crippen molar-refractivity contribution in [2.75, 3.05) is 18.5 Å². The second kappa shape index (κ2) is 8.39. The lowest BCUT2D eigenvalue weighted by atomic mass is 10.2. The fourth-order valence-corrected chi connectivity index (χ4v) is 1.94. The van der Waals surface area contributed by atoms with Crippen LogP contribution in [0.3, 0.4) is 0 Å². The van der Waals surface area contributed by atoms with Crippen LogP contribution in [-0.2, 0) is 9.59 Å².